The number of carbonyl (C=O) groups excluding carboxylic acids is 2. The summed E-state index contributed by atoms with van der Waals surface area (Å²) in [7, 11) is 1.44. The fourth-order valence-corrected chi connectivity index (χ4v) is 0.926. The van der Waals surface area contributed by atoms with Crippen LogP contribution in [0.15, 0.2) is 0 Å². The lowest BCUT2D eigenvalue weighted by Gasteiger charge is -2.26. The van der Waals surface area contributed by atoms with Crippen LogP contribution >= 0.6 is 0 Å². The van der Waals surface area contributed by atoms with Gasteiger partial charge in [0.2, 0.25) is 5.91 Å². The minimum atomic E-state index is -1.78. The molecule has 0 aromatic heterocycles. The average Bonchev–Trinajstić information content (AvgIpc) is 2.15. The highest BCUT2D eigenvalue weighted by Crippen LogP contribution is 2.18. The van der Waals surface area contributed by atoms with Crippen molar-refractivity contribution in [1.82, 2.24) is 5.32 Å². The molecule has 14 heavy (non-hydrogen) atoms. The van der Waals surface area contributed by atoms with Crippen LogP contribution in [0, 0.1) is 5.92 Å². The van der Waals surface area contributed by atoms with E-state index in [1.54, 1.807) is 6.92 Å². The third-order valence-corrected chi connectivity index (χ3v) is 2.17. The number of hydrogen-bond donors (Lipinski definition) is 2. The summed E-state index contributed by atoms with van der Waals surface area (Å²) in [5.74, 6) is -2.02. The zero-order valence-corrected chi connectivity index (χ0v) is 8.96. The van der Waals surface area contributed by atoms with Gasteiger partial charge in [0.05, 0.1) is 12.5 Å². The zero-order valence-electron chi connectivity index (χ0n) is 8.96. The maximum absolute atomic E-state index is 11.3. The first-order valence-electron chi connectivity index (χ1n) is 4.49. The molecule has 0 aromatic carbocycles. The van der Waals surface area contributed by atoms with E-state index in [-0.39, 0.29) is 6.61 Å². The third-order valence-electron chi connectivity index (χ3n) is 2.17. The number of aliphatic hydroxyl groups is 1. The Labute approximate surface area is 83.4 Å². The fraction of sp³-hybridized carbons (Fsp3) is 0.778. The van der Waals surface area contributed by atoms with Gasteiger partial charge in [-0.15, -0.1) is 0 Å². The molecule has 5 heteroatoms. The summed E-state index contributed by atoms with van der Waals surface area (Å²) < 4.78 is 4.65. The smallest absolute Gasteiger partial charge is 0.338 e. The first-order valence-corrected chi connectivity index (χ1v) is 4.49. The summed E-state index contributed by atoms with van der Waals surface area (Å²) in [6.45, 7) is 4.55. The van der Waals surface area contributed by atoms with Gasteiger partial charge in [-0.3, -0.25) is 4.79 Å². The molecule has 0 aliphatic rings. The van der Waals surface area contributed by atoms with Gasteiger partial charge in [0.1, 0.15) is 0 Å². The maximum atomic E-state index is 11.3. The van der Waals surface area contributed by atoms with E-state index >= 15 is 0 Å². The van der Waals surface area contributed by atoms with Gasteiger partial charge in [-0.1, -0.05) is 6.92 Å². The van der Waals surface area contributed by atoms with Gasteiger partial charge in [-0.25, -0.2) is 4.79 Å². The average molecular weight is 203 g/mol. The molecular formula is C9H17NO4. The van der Waals surface area contributed by atoms with E-state index in [1.807, 2.05) is 0 Å². The fourth-order valence-electron chi connectivity index (χ4n) is 0.926. The molecule has 0 rings (SSSR count). The SMILES string of the molecule is CCOC(=O)C(C)(O)C(C)C(=O)NC. The van der Waals surface area contributed by atoms with Gasteiger partial charge < -0.3 is 15.2 Å². The molecule has 5 nitrogen and oxygen atoms in total. The largest absolute Gasteiger partial charge is 0.464 e. The van der Waals surface area contributed by atoms with Gasteiger partial charge in [0, 0.05) is 7.05 Å². The van der Waals surface area contributed by atoms with Crippen LogP contribution in [0.2, 0.25) is 0 Å². The van der Waals surface area contributed by atoms with Crippen LogP contribution in [-0.2, 0) is 14.3 Å². The molecule has 1 amide bonds. The van der Waals surface area contributed by atoms with E-state index < -0.39 is 23.4 Å². The monoisotopic (exact) mass is 203 g/mol. The number of amides is 1. The topological polar surface area (TPSA) is 75.6 Å². The Kier molecular flexibility index (Phi) is 4.56. The Morgan fingerprint density at radius 3 is 2.43 bits per heavy atom. The van der Waals surface area contributed by atoms with Crippen molar-refractivity contribution in [2.45, 2.75) is 26.4 Å². The number of rotatable bonds is 4. The highest BCUT2D eigenvalue weighted by Gasteiger charge is 2.41. The summed E-state index contributed by atoms with van der Waals surface area (Å²) in [4.78, 5) is 22.5. The van der Waals surface area contributed by atoms with Crippen molar-refractivity contribution in [3.8, 4) is 0 Å². The molecule has 2 N–H and O–H groups in total. The van der Waals surface area contributed by atoms with Crippen molar-refractivity contribution in [3.05, 3.63) is 0 Å². The highest BCUT2D eigenvalue weighted by molar-refractivity contribution is 5.89. The minimum Gasteiger partial charge on any atom is -0.464 e. The number of nitrogens with one attached hydrogen (secondary N) is 1. The normalized spacial score (nSPS) is 16.6. The van der Waals surface area contributed by atoms with Gasteiger partial charge in [0.15, 0.2) is 5.60 Å². The summed E-state index contributed by atoms with van der Waals surface area (Å²) in [6, 6.07) is 0. The predicted molar refractivity (Wildman–Crippen MR) is 50.5 cm³/mol. The van der Waals surface area contributed by atoms with Crippen molar-refractivity contribution in [1.29, 1.82) is 0 Å². The second kappa shape index (κ2) is 4.95. The van der Waals surface area contributed by atoms with E-state index in [2.05, 4.69) is 10.1 Å². The first-order chi connectivity index (χ1) is 6.37. The minimum absolute atomic E-state index is 0.176. The van der Waals surface area contributed by atoms with Crippen LogP contribution in [0.4, 0.5) is 0 Å². The molecule has 0 spiro atoms. The molecule has 0 saturated carbocycles. The molecule has 0 radical (unpaired) electrons. The van der Waals surface area contributed by atoms with Gasteiger partial charge in [-0.05, 0) is 13.8 Å². The van der Waals surface area contributed by atoms with Gasteiger partial charge in [0.25, 0.3) is 0 Å². The van der Waals surface area contributed by atoms with E-state index in [9.17, 15) is 14.7 Å². The van der Waals surface area contributed by atoms with E-state index in [4.69, 9.17) is 0 Å². The number of hydrogen-bond acceptors (Lipinski definition) is 4. The molecule has 0 fully saturated rings. The van der Waals surface area contributed by atoms with Gasteiger partial charge >= 0.3 is 5.97 Å². The molecule has 0 aromatic rings. The van der Waals surface area contributed by atoms with Crippen LogP contribution in [0.1, 0.15) is 20.8 Å². The van der Waals surface area contributed by atoms with Crippen molar-refractivity contribution in [2.75, 3.05) is 13.7 Å². The maximum Gasteiger partial charge on any atom is 0.338 e. The summed E-state index contributed by atoms with van der Waals surface area (Å²) >= 11 is 0. The molecule has 2 atom stereocenters. The Hall–Kier alpha value is -1.10. The lowest BCUT2D eigenvalue weighted by Crippen LogP contribution is -2.49. The third kappa shape index (κ3) is 2.70. The molecule has 0 bridgehead atoms. The number of carbonyl (C=O) groups is 2. The molecule has 82 valence electrons. The van der Waals surface area contributed by atoms with Crippen LogP contribution in [0.5, 0.6) is 0 Å². The molecule has 0 heterocycles. The first kappa shape index (κ1) is 12.9. The van der Waals surface area contributed by atoms with Crippen molar-refractivity contribution in [2.24, 2.45) is 5.92 Å². The summed E-state index contributed by atoms with van der Waals surface area (Å²) in [5, 5.41) is 12.1. The Balaban J connectivity index is 4.59. The molecule has 0 aliphatic carbocycles. The Bertz CT molecular complexity index is 225. The van der Waals surface area contributed by atoms with Crippen molar-refractivity contribution in [3.63, 3.8) is 0 Å². The molecular weight excluding hydrogens is 186 g/mol. The second-order valence-corrected chi connectivity index (χ2v) is 3.20. The molecule has 2 unspecified atom stereocenters. The zero-order chi connectivity index (χ0) is 11.4. The lowest BCUT2D eigenvalue weighted by atomic mass is 9.90. The van der Waals surface area contributed by atoms with Crippen LogP contribution in [0.25, 0.3) is 0 Å². The number of esters is 1. The second-order valence-electron chi connectivity index (χ2n) is 3.20. The summed E-state index contributed by atoms with van der Waals surface area (Å²) in [6.07, 6.45) is 0. The van der Waals surface area contributed by atoms with E-state index in [0.717, 1.165) is 0 Å². The quantitative estimate of drug-likeness (QED) is 0.614. The lowest BCUT2D eigenvalue weighted by molar-refractivity contribution is -0.171. The van der Waals surface area contributed by atoms with Crippen LogP contribution in [0.3, 0.4) is 0 Å². The highest BCUT2D eigenvalue weighted by atomic mass is 16.5. The standard InChI is InChI=1S/C9H17NO4/c1-5-14-8(12)9(3,13)6(2)7(11)10-4/h6,13H,5H2,1-4H3,(H,10,11). The van der Waals surface area contributed by atoms with Crippen LogP contribution < -0.4 is 5.32 Å². The number of ether oxygens (including phenoxy) is 1. The molecule has 0 saturated heterocycles. The van der Waals surface area contributed by atoms with Crippen molar-refractivity contribution >= 4 is 11.9 Å². The van der Waals surface area contributed by atoms with Crippen LogP contribution in [-0.4, -0.2) is 36.2 Å². The van der Waals surface area contributed by atoms with Crippen molar-refractivity contribution < 1.29 is 19.4 Å². The summed E-state index contributed by atoms with van der Waals surface area (Å²) in [5.41, 5.74) is -1.78. The Morgan fingerprint density at radius 2 is 2.07 bits per heavy atom. The molecule has 0 aliphatic heterocycles. The Morgan fingerprint density at radius 1 is 1.57 bits per heavy atom. The van der Waals surface area contributed by atoms with E-state index in [1.165, 1.54) is 20.9 Å². The van der Waals surface area contributed by atoms with E-state index in [0.29, 0.717) is 0 Å². The predicted octanol–water partition coefficient (Wildman–Crippen LogP) is -0.317. The van der Waals surface area contributed by atoms with Gasteiger partial charge in [-0.2, -0.15) is 0 Å².